The van der Waals surface area contributed by atoms with Crippen molar-refractivity contribution >= 4 is 38.9 Å². The minimum absolute atomic E-state index is 0.105. The van der Waals surface area contributed by atoms with Gasteiger partial charge in [0.05, 0.1) is 18.5 Å². The first kappa shape index (κ1) is 20.3. The number of fused-ring (bicyclic) bond motifs is 1. The fraction of sp³-hybridized carbons (Fsp3) is 0.316. The Morgan fingerprint density at radius 2 is 2.00 bits per heavy atom. The van der Waals surface area contributed by atoms with Gasteiger partial charge in [-0.05, 0) is 30.3 Å². The lowest BCUT2D eigenvalue weighted by Gasteiger charge is -2.34. The summed E-state index contributed by atoms with van der Waals surface area (Å²) in [5.74, 6) is -0.0571. The number of anilines is 2. The lowest BCUT2D eigenvalue weighted by Crippen LogP contribution is -2.51. The molecule has 28 heavy (non-hydrogen) atoms. The normalized spacial score (nSPS) is 16.1. The molecule has 1 amide bonds. The predicted molar refractivity (Wildman–Crippen MR) is 111 cm³/mol. The molecule has 0 aromatic heterocycles. The van der Waals surface area contributed by atoms with Crippen LogP contribution in [0.5, 0.6) is 5.75 Å². The van der Waals surface area contributed by atoms with Gasteiger partial charge in [-0.25, -0.2) is 8.42 Å². The zero-order valence-corrected chi connectivity index (χ0v) is 17.2. The van der Waals surface area contributed by atoms with E-state index in [2.05, 4.69) is 5.32 Å². The molecule has 0 fully saturated rings. The second-order valence-electron chi connectivity index (χ2n) is 6.56. The van der Waals surface area contributed by atoms with Gasteiger partial charge in [0.2, 0.25) is 10.0 Å². The molecule has 2 aromatic carbocycles. The van der Waals surface area contributed by atoms with Gasteiger partial charge in [-0.3, -0.25) is 9.10 Å². The van der Waals surface area contributed by atoms with Crippen molar-refractivity contribution in [3.8, 4) is 5.75 Å². The lowest BCUT2D eigenvalue weighted by atomic mass is 10.2. The summed E-state index contributed by atoms with van der Waals surface area (Å²) in [6.07, 6.45) is 0.151. The Balaban J connectivity index is 1.65. The van der Waals surface area contributed by atoms with E-state index in [0.29, 0.717) is 29.5 Å². The van der Waals surface area contributed by atoms with Crippen molar-refractivity contribution in [3.05, 3.63) is 53.6 Å². The minimum Gasteiger partial charge on any atom is -0.476 e. The molecular formula is C19H22ClN3O4S. The highest BCUT2D eigenvalue weighted by Crippen LogP contribution is 2.37. The molecule has 3 rings (SSSR count). The van der Waals surface area contributed by atoms with E-state index in [-0.39, 0.29) is 12.5 Å². The van der Waals surface area contributed by atoms with Gasteiger partial charge in [0.1, 0.15) is 5.75 Å². The Hall–Kier alpha value is -2.45. The van der Waals surface area contributed by atoms with Crippen molar-refractivity contribution in [1.82, 2.24) is 5.32 Å². The first-order chi connectivity index (χ1) is 13.3. The maximum Gasteiger partial charge on any atom is 0.263 e. The summed E-state index contributed by atoms with van der Waals surface area (Å²) in [4.78, 5) is 14.6. The monoisotopic (exact) mass is 423 g/mol. The molecule has 1 N–H and O–H groups in total. The van der Waals surface area contributed by atoms with Crippen molar-refractivity contribution in [2.24, 2.45) is 0 Å². The molecule has 0 spiro atoms. The average Bonchev–Trinajstić information content (AvgIpc) is 2.66. The quantitative estimate of drug-likeness (QED) is 0.769. The van der Waals surface area contributed by atoms with E-state index in [1.165, 1.54) is 6.07 Å². The maximum atomic E-state index is 12.6. The molecule has 1 aliphatic rings. The van der Waals surface area contributed by atoms with Gasteiger partial charge in [-0.15, -0.1) is 0 Å². The third kappa shape index (κ3) is 4.69. The number of amides is 1. The van der Waals surface area contributed by atoms with Crippen molar-refractivity contribution < 1.29 is 17.9 Å². The van der Waals surface area contributed by atoms with Crippen LogP contribution in [0.2, 0.25) is 5.02 Å². The van der Waals surface area contributed by atoms with Crippen molar-refractivity contribution in [1.29, 1.82) is 0 Å². The van der Waals surface area contributed by atoms with E-state index in [9.17, 15) is 13.2 Å². The number of likely N-dealkylation sites (N-methyl/N-ethyl adjacent to an activating group) is 1. The molecule has 2 aromatic rings. The standard InChI is InChI=1S/C19H22ClN3O4S/c1-22(15-6-4-3-5-7-15)11-10-21-19(24)18-13-23(28(2,25)26)16-12-14(20)8-9-17(16)27-18/h3-9,12,18H,10-11,13H2,1-2H3,(H,21,24)/t18-/m1/s1. The molecule has 150 valence electrons. The molecule has 9 heteroatoms. The number of hydrogen-bond acceptors (Lipinski definition) is 5. The smallest absolute Gasteiger partial charge is 0.263 e. The zero-order chi connectivity index (χ0) is 20.3. The fourth-order valence-electron chi connectivity index (χ4n) is 2.95. The number of rotatable bonds is 6. The lowest BCUT2D eigenvalue weighted by molar-refractivity contribution is -0.127. The van der Waals surface area contributed by atoms with E-state index >= 15 is 0 Å². The van der Waals surface area contributed by atoms with Gasteiger partial charge in [0.15, 0.2) is 6.10 Å². The van der Waals surface area contributed by atoms with Gasteiger partial charge in [-0.1, -0.05) is 29.8 Å². The number of nitrogens with one attached hydrogen (secondary N) is 1. The summed E-state index contributed by atoms with van der Waals surface area (Å²) in [6.45, 7) is 0.896. The number of hydrogen-bond donors (Lipinski definition) is 1. The van der Waals surface area contributed by atoms with Crippen molar-refractivity contribution in [2.75, 3.05) is 42.1 Å². The summed E-state index contributed by atoms with van der Waals surface area (Å²) < 4.78 is 31.2. The zero-order valence-electron chi connectivity index (χ0n) is 15.6. The summed E-state index contributed by atoms with van der Waals surface area (Å²) in [5, 5.41) is 3.21. The van der Waals surface area contributed by atoms with Crippen LogP contribution in [-0.2, 0) is 14.8 Å². The van der Waals surface area contributed by atoms with Crippen LogP contribution in [0.3, 0.4) is 0 Å². The predicted octanol–water partition coefficient (Wildman–Crippen LogP) is 2.12. The average molecular weight is 424 g/mol. The summed E-state index contributed by atoms with van der Waals surface area (Å²) in [7, 11) is -1.65. The van der Waals surface area contributed by atoms with Crippen molar-refractivity contribution in [2.45, 2.75) is 6.10 Å². The van der Waals surface area contributed by atoms with Gasteiger partial charge < -0.3 is 15.0 Å². The van der Waals surface area contributed by atoms with Gasteiger partial charge in [0, 0.05) is 30.8 Å². The van der Waals surface area contributed by atoms with Crippen molar-refractivity contribution in [3.63, 3.8) is 0 Å². The van der Waals surface area contributed by atoms with Crippen LogP contribution in [0, 0.1) is 0 Å². The van der Waals surface area contributed by atoms with Gasteiger partial charge in [0.25, 0.3) is 5.91 Å². The second-order valence-corrected chi connectivity index (χ2v) is 8.90. The number of carbonyl (C=O) groups is 1. The summed E-state index contributed by atoms with van der Waals surface area (Å²) in [5.41, 5.74) is 1.38. The van der Waals surface area contributed by atoms with E-state index in [0.717, 1.165) is 16.2 Å². The van der Waals surface area contributed by atoms with Crippen LogP contribution >= 0.6 is 11.6 Å². The highest BCUT2D eigenvalue weighted by Gasteiger charge is 2.35. The number of halogens is 1. The molecular weight excluding hydrogens is 402 g/mol. The Morgan fingerprint density at radius 3 is 2.68 bits per heavy atom. The van der Waals surface area contributed by atoms with Crippen LogP contribution < -0.4 is 19.3 Å². The van der Waals surface area contributed by atoms with Crippen LogP contribution in [0.15, 0.2) is 48.5 Å². The molecule has 1 heterocycles. The Morgan fingerprint density at radius 1 is 1.29 bits per heavy atom. The molecule has 0 unspecified atom stereocenters. The first-order valence-electron chi connectivity index (χ1n) is 8.73. The van der Waals surface area contributed by atoms with Crippen LogP contribution in [-0.4, -0.2) is 53.4 Å². The first-order valence-corrected chi connectivity index (χ1v) is 11.0. The van der Waals surface area contributed by atoms with Gasteiger partial charge in [-0.2, -0.15) is 0 Å². The van der Waals surface area contributed by atoms with Crippen LogP contribution in [0.1, 0.15) is 0 Å². The molecule has 0 radical (unpaired) electrons. The van der Waals surface area contributed by atoms with Crippen LogP contribution in [0.4, 0.5) is 11.4 Å². The fourth-order valence-corrected chi connectivity index (χ4v) is 4.02. The summed E-state index contributed by atoms with van der Waals surface area (Å²) >= 11 is 5.98. The summed E-state index contributed by atoms with van der Waals surface area (Å²) in [6, 6.07) is 14.5. The highest BCUT2D eigenvalue weighted by atomic mass is 35.5. The number of benzene rings is 2. The minimum atomic E-state index is -3.59. The molecule has 0 saturated carbocycles. The molecule has 0 saturated heterocycles. The maximum absolute atomic E-state index is 12.6. The number of carbonyl (C=O) groups excluding carboxylic acids is 1. The Kier molecular flexibility index (Phi) is 6.00. The number of nitrogens with zero attached hydrogens (tertiary/aromatic N) is 2. The number of para-hydroxylation sites is 1. The molecule has 0 aliphatic carbocycles. The van der Waals surface area contributed by atoms with E-state index in [1.54, 1.807) is 12.1 Å². The molecule has 0 bridgehead atoms. The molecule has 7 nitrogen and oxygen atoms in total. The second kappa shape index (κ2) is 8.28. The third-order valence-corrected chi connectivity index (χ3v) is 5.81. The molecule has 1 aliphatic heterocycles. The number of ether oxygens (including phenoxy) is 1. The van der Waals surface area contributed by atoms with Crippen LogP contribution in [0.25, 0.3) is 0 Å². The topological polar surface area (TPSA) is 79.0 Å². The van der Waals surface area contributed by atoms with E-state index < -0.39 is 16.1 Å². The van der Waals surface area contributed by atoms with E-state index in [4.69, 9.17) is 16.3 Å². The van der Waals surface area contributed by atoms with Gasteiger partial charge >= 0.3 is 0 Å². The largest absolute Gasteiger partial charge is 0.476 e. The van der Waals surface area contributed by atoms with E-state index in [1.807, 2.05) is 42.3 Å². The highest BCUT2D eigenvalue weighted by molar-refractivity contribution is 7.92. The Bertz CT molecular complexity index is 953. The third-order valence-electron chi connectivity index (χ3n) is 4.43. The SMILES string of the molecule is CN(CCNC(=O)[C@H]1CN(S(C)(=O)=O)c2cc(Cl)ccc2O1)c1ccccc1. The molecule has 1 atom stereocenters. The number of sulfonamides is 1. The Labute approximate surface area is 169 Å².